The number of nitrogens with zero attached hydrogens (tertiary/aromatic N) is 1. The molecule has 0 saturated carbocycles. The van der Waals surface area contributed by atoms with Crippen molar-refractivity contribution in [3.8, 4) is 0 Å². The van der Waals surface area contributed by atoms with Gasteiger partial charge in [0.2, 0.25) is 0 Å². The third-order valence-corrected chi connectivity index (χ3v) is 4.01. The van der Waals surface area contributed by atoms with Gasteiger partial charge in [-0.05, 0) is 26.3 Å². The van der Waals surface area contributed by atoms with Crippen LogP contribution in [0.4, 0.5) is 0 Å². The lowest BCUT2D eigenvalue weighted by Crippen LogP contribution is -2.43. The van der Waals surface area contributed by atoms with Crippen molar-refractivity contribution < 1.29 is 0 Å². The first-order valence-corrected chi connectivity index (χ1v) is 7.63. The molecular formula is C15H34N2. The minimum absolute atomic E-state index is 0.585. The largest absolute Gasteiger partial charge is 0.329 e. The SMILES string of the molecule is CCCCCCCC(CN)N(C)C(CC)CC. The summed E-state index contributed by atoms with van der Waals surface area (Å²) in [5.41, 5.74) is 5.92. The Morgan fingerprint density at radius 3 is 1.94 bits per heavy atom. The number of unbranched alkanes of at least 4 members (excludes halogenated alkanes) is 4. The van der Waals surface area contributed by atoms with Crippen LogP contribution in [0.2, 0.25) is 0 Å². The lowest BCUT2D eigenvalue weighted by Gasteiger charge is -2.33. The molecule has 2 heteroatoms. The molecule has 1 unspecified atom stereocenters. The maximum Gasteiger partial charge on any atom is 0.0218 e. The molecule has 104 valence electrons. The van der Waals surface area contributed by atoms with E-state index in [0.29, 0.717) is 12.1 Å². The van der Waals surface area contributed by atoms with Gasteiger partial charge in [-0.3, -0.25) is 4.90 Å². The van der Waals surface area contributed by atoms with Gasteiger partial charge in [0, 0.05) is 18.6 Å². The summed E-state index contributed by atoms with van der Waals surface area (Å²) in [6.45, 7) is 7.63. The molecule has 17 heavy (non-hydrogen) atoms. The van der Waals surface area contributed by atoms with Gasteiger partial charge >= 0.3 is 0 Å². The van der Waals surface area contributed by atoms with Gasteiger partial charge in [0.15, 0.2) is 0 Å². The molecule has 0 rings (SSSR count). The van der Waals surface area contributed by atoms with Crippen LogP contribution in [-0.4, -0.2) is 30.6 Å². The Morgan fingerprint density at radius 1 is 0.882 bits per heavy atom. The molecule has 0 aromatic rings. The monoisotopic (exact) mass is 242 g/mol. The highest BCUT2D eigenvalue weighted by molar-refractivity contribution is 4.75. The van der Waals surface area contributed by atoms with Gasteiger partial charge in [-0.25, -0.2) is 0 Å². The van der Waals surface area contributed by atoms with Crippen LogP contribution in [-0.2, 0) is 0 Å². The highest BCUT2D eigenvalue weighted by atomic mass is 15.2. The molecule has 0 heterocycles. The van der Waals surface area contributed by atoms with Crippen molar-refractivity contribution in [3.63, 3.8) is 0 Å². The summed E-state index contributed by atoms with van der Waals surface area (Å²) in [5, 5.41) is 0. The van der Waals surface area contributed by atoms with Crippen LogP contribution in [0, 0.1) is 0 Å². The number of hydrogen-bond donors (Lipinski definition) is 1. The quantitative estimate of drug-likeness (QED) is 0.558. The second-order valence-electron chi connectivity index (χ2n) is 5.23. The molecule has 0 radical (unpaired) electrons. The van der Waals surface area contributed by atoms with E-state index in [9.17, 15) is 0 Å². The van der Waals surface area contributed by atoms with E-state index in [1.165, 1.54) is 51.4 Å². The van der Waals surface area contributed by atoms with Gasteiger partial charge in [-0.1, -0.05) is 52.9 Å². The van der Waals surface area contributed by atoms with Crippen molar-refractivity contribution in [1.29, 1.82) is 0 Å². The van der Waals surface area contributed by atoms with Crippen LogP contribution >= 0.6 is 0 Å². The Labute approximate surface area is 109 Å². The summed E-state index contributed by atoms with van der Waals surface area (Å²) >= 11 is 0. The smallest absolute Gasteiger partial charge is 0.0218 e. The van der Waals surface area contributed by atoms with Crippen molar-refractivity contribution in [2.24, 2.45) is 5.73 Å². The number of nitrogens with two attached hydrogens (primary N) is 1. The zero-order valence-corrected chi connectivity index (χ0v) is 12.5. The molecule has 0 fully saturated rings. The van der Waals surface area contributed by atoms with E-state index < -0.39 is 0 Å². The van der Waals surface area contributed by atoms with E-state index in [0.717, 1.165) is 6.54 Å². The molecule has 0 aromatic heterocycles. The van der Waals surface area contributed by atoms with Gasteiger partial charge in [0.05, 0.1) is 0 Å². The summed E-state index contributed by atoms with van der Waals surface area (Å²) < 4.78 is 0. The zero-order chi connectivity index (χ0) is 13.1. The molecule has 2 N–H and O–H groups in total. The predicted molar refractivity (Wildman–Crippen MR) is 78.4 cm³/mol. The maximum atomic E-state index is 5.92. The number of rotatable bonds is 11. The van der Waals surface area contributed by atoms with Crippen molar-refractivity contribution >= 4 is 0 Å². The van der Waals surface area contributed by atoms with Crippen LogP contribution < -0.4 is 5.73 Å². The van der Waals surface area contributed by atoms with E-state index in [2.05, 4.69) is 32.7 Å². The van der Waals surface area contributed by atoms with Crippen LogP contribution in [0.1, 0.15) is 72.1 Å². The Balaban J connectivity index is 3.88. The lowest BCUT2D eigenvalue weighted by atomic mass is 10.0. The number of hydrogen-bond acceptors (Lipinski definition) is 2. The Hall–Kier alpha value is -0.0800. The first-order valence-electron chi connectivity index (χ1n) is 7.63. The first kappa shape index (κ1) is 16.9. The summed E-state index contributed by atoms with van der Waals surface area (Å²) in [6, 6.07) is 1.29. The molecule has 0 spiro atoms. The molecular weight excluding hydrogens is 208 g/mol. The van der Waals surface area contributed by atoms with E-state index in [-0.39, 0.29) is 0 Å². The van der Waals surface area contributed by atoms with Crippen molar-refractivity contribution in [2.45, 2.75) is 84.2 Å². The van der Waals surface area contributed by atoms with Crippen LogP contribution in [0.3, 0.4) is 0 Å². The number of likely N-dealkylation sites (N-methyl/N-ethyl adjacent to an activating group) is 1. The molecule has 0 amide bonds. The average Bonchev–Trinajstić information content (AvgIpc) is 2.35. The van der Waals surface area contributed by atoms with Gasteiger partial charge in [-0.2, -0.15) is 0 Å². The van der Waals surface area contributed by atoms with E-state index in [1.54, 1.807) is 0 Å². The Bertz CT molecular complexity index is 155. The standard InChI is InChI=1S/C15H34N2/c1-5-8-9-10-11-12-15(13-16)17(4)14(6-2)7-3/h14-15H,5-13,16H2,1-4H3. The summed E-state index contributed by atoms with van der Waals surface area (Å²) in [5.74, 6) is 0. The second-order valence-corrected chi connectivity index (χ2v) is 5.23. The van der Waals surface area contributed by atoms with Gasteiger partial charge < -0.3 is 5.73 Å². The second kappa shape index (κ2) is 11.0. The molecule has 1 atom stereocenters. The molecule has 2 nitrogen and oxygen atoms in total. The summed E-state index contributed by atoms with van der Waals surface area (Å²) in [7, 11) is 2.25. The highest BCUT2D eigenvalue weighted by Gasteiger charge is 2.18. The normalized spacial score (nSPS) is 13.6. The van der Waals surface area contributed by atoms with Crippen LogP contribution in [0.25, 0.3) is 0 Å². The van der Waals surface area contributed by atoms with E-state index in [1.807, 2.05) is 0 Å². The Kier molecular flexibility index (Phi) is 11.0. The molecule has 0 bridgehead atoms. The minimum Gasteiger partial charge on any atom is -0.329 e. The minimum atomic E-state index is 0.585. The zero-order valence-electron chi connectivity index (χ0n) is 12.5. The van der Waals surface area contributed by atoms with Crippen LogP contribution in [0.15, 0.2) is 0 Å². The summed E-state index contributed by atoms with van der Waals surface area (Å²) in [4.78, 5) is 2.51. The van der Waals surface area contributed by atoms with E-state index >= 15 is 0 Å². The van der Waals surface area contributed by atoms with E-state index in [4.69, 9.17) is 5.73 Å². The first-order chi connectivity index (χ1) is 8.21. The van der Waals surface area contributed by atoms with Gasteiger partial charge in [0.1, 0.15) is 0 Å². The topological polar surface area (TPSA) is 29.3 Å². The van der Waals surface area contributed by atoms with Crippen molar-refractivity contribution in [3.05, 3.63) is 0 Å². The van der Waals surface area contributed by atoms with Crippen molar-refractivity contribution in [2.75, 3.05) is 13.6 Å². The fraction of sp³-hybridized carbons (Fsp3) is 1.00. The highest BCUT2D eigenvalue weighted by Crippen LogP contribution is 2.15. The summed E-state index contributed by atoms with van der Waals surface area (Å²) in [6.07, 6.45) is 10.6. The van der Waals surface area contributed by atoms with Crippen LogP contribution in [0.5, 0.6) is 0 Å². The molecule has 0 aromatic carbocycles. The average molecular weight is 242 g/mol. The van der Waals surface area contributed by atoms with Gasteiger partial charge in [0.25, 0.3) is 0 Å². The third kappa shape index (κ3) is 7.05. The fourth-order valence-corrected chi connectivity index (χ4v) is 2.63. The molecule has 0 aliphatic rings. The maximum absolute atomic E-state index is 5.92. The van der Waals surface area contributed by atoms with Gasteiger partial charge in [-0.15, -0.1) is 0 Å². The lowest BCUT2D eigenvalue weighted by molar-refractivity contribution is 0.157. The molecule has 0 aliphatic carbocycles. The molecule has 0 saturated heterocycles. The predicted octanol–water partition coefficient (Wildman–Crippen LogP) is 3.79. The van der Waals surface area contributed by atoms with Crippen molar-refractivity contribution in [1.82, 2.24) is 4.90 Å². The fourth-order valence-electron chi connectivity index (χ4n) is 2.63. The molecule has 0 aliphatic heterocycles. The third-order valence-electron chi connectivity index (χ3n) is 4.01. The Morgan fingerprint density at radius 2 is 1.47 bits per heavy atom.